The Labute approximate surface area is 821 Å². The second kappa shape index (κ2) is 83.3. The van der Waals surface area contributed by atoms with Crippen LogP contribution in [-0.2, 0) is 28.8 Å². The fraction of sp³-hybridized carbons (Fsp3) is 0.409. The summed E-state index contributed by atoms with van der Waals surface area (Å²) in [6, 6.07) is 16.5. The molecule has 1 aliphatic rings. The summed E-state index contributed by atoms with van der Waals surface area (Å²) in [5.74, 6) is 46.0. The van der Waals surface area contributed by atoms with Gasteiger partial charge in [-0.15, -0.1) is 24.7 Å². The molecule has 16 nitrogen and oxygen atoms in total. The molecule has 0 aromatic heterocycles. The number of ether oxygens (including phenoxy) is 1. The van der Waals surface area contributed by atoms with Gasteiger partial charge in [0.25, 0.3) is 0 Å². The van der Waals surface area contributed by atoms with Gasteiger partial charge >= 0.3 is 5.92 Å². The molecular formula is C115H134Cl2F4O16. The van der Waals surface area contributed by atoms with E-state index in [4.69, 9.17) is 40.8 Å². The molecular weight excluding hydrogens is 1780 g/mol. The minimum atomic E-state index is -3.09. The number of alkyl halides is 2. The highest BCUT2D eigenvalue weighted by Gasteiger charge is 2.26. The Morgan fingerprint density at radius 1 is 0.460 bits per heavy atom. The molecule has 1 fully saturated rings. The van der Waals surface area contributed by atoms with E-state index >= 15 is 0 Å². The van der Waals surface area contributed by atoms with E-state index in [1.165, 1.54) is 100 Å². The van der Waals surface area contributed by atoms with Crippen molar-refractivity contribution in [2.24, 2.45) is 11.3 Å². The molecule has 0 unspecified atom stereocenters. The van der Waals surface area contributed by atoms with E-state index in [9.17, 15) is 92.3 Å². The zero-order valence-corrected chi connectivity index (χ0v) is 81.4. The Bertz CT molecular complexity index is 5100. The van der Waals surface area contributed by atoms with Gasteiger partial charge in [0.2, 0.25) is 0 Å². The van der Waals surface area contributed by atoms with Crippen molar-refractivity contribution in [1.82, 2.24) is 0 Å². The van der Waals surface area contributed by atoms with E-state index in [1.54, 1.807) is 135 Å². The molecule has 732 valence electrons. The van der Waals surface area contributed by atoms with Crippen molar-refractivity contribution in [3.05, 3.63) is 245 Å². The predicted octanol–water partition coefficient (Wildman–Crippen LogP) is 19.9. The van der Waals surface area contributed by atoms with Gasteiger partial charge < -0.3 is 69.9 Å². The number of carbonyl (C=O) groups is 6. The van der Waals surface area contributed by atoms with Gasteiger partial charge in [0.1, 0.15) is 89.2 Å². The summed E-state index contributed by atoms with van der Waals surface area (Å²) in [4.78, 5) is 65.5. The number of terminal acetylenes is 2. The second-order valence-corrected chi connectivity index (χ2v) is 32.6. The van der Waals surface area contributed by atoms with Gasteiger partial charge in [0, 0.05) is 101 Å². The third kappa shape index (κ3) is 87.7. The summed E-state index contributed by atoms with van der Waals surface area (Å²) in [6.45, 7) is 13.6. The Morgan fingerprint density at radius 2 is 0.891 bits per heavy atom. The van der Waals surface area contributed by atoms with Crippen molar-refractivity contribution >= 4 is 57.9 Å². The standard InChI is InChI=1S/C22H22Cl2O3.C22H27FO4.C22H23FO3.C17H24O3.C16H18F2O2.C16H20O/c1-17(25)8-6-12-19(26)10-4-2-3-5-11-20(27)13-7-9-18-14-15-21(23)22(24)16-18;1-17(24)14-22(2,3)15-19(25)8-6-4-5-7-9-20(26)16-27-21-12-10-18(23)11-13-21;1-2-20(24)16-17-22(26)10-6-4-3-5-9-21(25)11-7-8-18-12-14-19(23)15-13-18;1-2-15(18)11-12-16(19)7-5-3-4-6-8-17(20)13-14-9-10-14;1-3-9-15(20)11-6-4-5-7-12-16(17,18)13-8-10-14(2)19;1-3-4-5-6-7-8-9-10-11-12-13-14-15-16(2)17/h2-3,5,11,14-16,19-20,26-27H,6,8,12-13H2,1H3;4-5,7,9-13,19-20,25-26H,14-16H2,1-3H3;3-5,9,12-15,21-22,25-26H,2,11,16-17H2,1H3;3-4,6,8,14,16-17,19-20H,2,9-13H2,1H3;1,4-6,11,15,20H,8-10,13H2,2H3;1,6-9H,4-5,12-15H2,2H3/b3-2+,11-5+;5-4+,9-7+;4-3+,9-5+;4-3+,8-6+;5-4+,11-6+;7-6+,9-8+/t2*19-,20+;21-,22+;16-,17+;15-;/m11011./s1. The van der Waals surface area contributed by atoms with Crippen molar-refractivity contribution in [3.63, 3.8) is 0 Å². The first-order chi connectivity index (χ1) is 65.3. The first-order valence-electron chi connectivity index (χ1n) is 45.3. The second-order valence-electron chi connectivity index (χ2n) is 31.8. The smallest absolute Gasteiger partial charge is 0.308 e. The molecule has 137 heavy (non-hydrogen) atoms. The van der Waals surface area contributed by atoms with E-state index in [0.717, 1.165) is 44.1 Å². The van der Waals surface area contributed by atoms with Crippen LogP contribution in [0.2, 0.25) is 10.0 Å². The zero-order valence-electron chi connectivity index (χ0n) is 79.9. The fourth-order valence-corrected chi connectivity index (χ4v) is 10.8. The number of carbonyl (C=O) groups excluding carboxylic acids is 6. The topological polar surface area (TPSA) is 294 Å². The third-order valence-corrected chi connectivity index (χ3v) is 18.5. The molecule has 3 aromatic rings. The fourth-order valence-electron chi connectivity index (χ4n) is 10.5. The number of hydrogen-bond acceptors (Lipinski definition) is 16. The molecule has 0 spiro atoms. The van der Waals surface area contributed by atoms with Gasteiger partial charge in [-0.05, 0) is 212 Å². The number of allylic oxidation sites excluding steroid dienone is 19. The van der Waals surface area contributed by atoms with E-state index < -0.39 is 61.2 Å². The molecule has 22 heteroatoms. The maximum absolute atomic E-state index is 13.2. The predicted molar refractivity (Wildman–Crippen MR) is 543 cm³/mol. The molecule has 0 heterocycles. The Morgan fingerprint density at radius 3 is 1.36 bits per heavy atom. The molecule has 1 saturated carbocycles. The van der Waals surface area contributed by atoms with Crippen LogP contribution in [0.15, 0.2) is 213 Å². The molecule has 3 aromatic carbocycles. The number of benzene rings is 3. The molecule has 1 aliphatic carbocycles. The lowest BCUT2D eigenvalue weighted by Crippen LogP contribution is -2.22. The van der Waals surface area contributed by atoms with Crippen molar-refractivity contribution in [2.75, 3.05) is 6.61 Å². The van der Waals surface area contributed by atoms with E-state index in [2.05, 4.69) is 101 Å². The maximum Gasteiger partial charge on any atom is 0.308 e. The van der Waals surface area contributed by atoms with E-state index in [1.807, 2.05) is 51.0 Å². The molecule has 9 N–H and O–H groups in total. The SMILES string of the molecule is C#CCC/C=C/C=C/C#CCCCCC(C)=O.C#CC[C@@H](O)/C=C/C=C/C#CC(F)(F)CCCC(C)=O.CC(=O)CC(C)(C)C[C@H](O)C#C/C=C/C=C/[C@H](O)COc1ccc(F)cc1.CC(=O)CCC[C@H](O)C#C/C=C/C=C/[C@H](O)CC#Cc1ccc(Cl)c(Cl)c1.CCC(=O)CC[C@H](O)C#C/C=C/C=C/[C@H](O)CC#Cc1ccc(F)cc1.CCC(=O)CC[C@H](O)C#C/C=C/C=C/[C@H](O)CC1CC1. The van der Waals surface area contributed by atoms with Gasteiger partial charge in [-0.1, -0.05) is 262 Å². The number of hydrogen-bond donors (Lipinski definition) is 9. The van der Waals surface area contributed by atoms with Crippen LogP contribution in [0, 0.1) is 142 Å². The van der Waals surface area contributed by atoms with E-state index in [-0.39, 0.29) is 96.6 Å². The van der Waals surface area contributed by atoms with Gasteiger partial charge in [-0.2, -0.15) is 8.78 Å². The van der Waals surface area contributed by atoms with Gasteiger partial charge in [-0.25, -0.2) is 8.78 Å². The maximum atomic E-state index is 13.2. The van der Waals surface area contributed by atoms with Crippen molar-refractivity contribution < 1.29 is 97.0 Å². The van der Waals surface area contributed by atoms with Crippen LogP contribution in [0.3, 0.4) is 0 Å². The minimum Gasteiger partial charge on any atom is -0.491 e. The van der Waals surface area contributed by atoms with Crippen LogP contribution in [-0.4, -0.2) is 148 Å². The van der Waals surface area contributed by atoms with Crippen molar-refractivity contribution in [2.45, 2.75) is 283 Å². The Balaban J connectivity index is 0. The lowest BCUT2D eigenvalue weighted by atomic mass is 9.82. The number of Topliss-reactive ketones (excluding diaryl/α,β-unsaturated/α-hetero) is 6. The lowest BCUT2D eigenvalue weighted by molar-refractivity contribution is -0.120. The van der Waals surface area contributed by atoms with Gasteiger partial charge in [0.15, 0.2) is 0 Å². The highest BCUT2D eigenvalue weighted by molar-refractivity contribution is 6.42. The number of rotatable bonds is 45. The van der Waals surface area contributed by atoms with E-state index in [0.29, 0.717) is 104 Å². The number of unbranched alkanes of at least 4 members (excludes halogenated alkanes) is 3. The van der Waals surface area contributed by atoms with Crippen LogP contribution in [0.5, 0.6) is 5.75 Å². The lowest BCUT2D eigenvalue weighted by Gasteiger charge is -2.23. The molecule has 9 atom stereocenters. The number of ketones is 6. The minimum absolute atomic E-state index is 0.0472. The van der Waals surface area contributed by atoms with Crippen LogP contribution in [0.1, 0.15) is 233 Å². The Kier molecular flexibility index (Phi) is 77.2. The monoisotopic (exact) mass is 1920 g/mol. The summed E-state index contributed by atoms with van der Waals surface area (Å²) in [5, 5.41) is 87.8. The van der Waals surface area contributed by atoms with Crippen LogP contribution >= 0.6 is 23.2 Å². The largest absolute Gasteiger partial charge is 0.491 e. The summed E-state index contributed by atoms with van der Waals surface area (Å²) in [7, 11) is 0. The molecule has 0 bridgehead atoms. The summed E-state index contributed by atoms with van der Waals surface area (Å²) < 4.78 is 57.3. The summed E-state index contributed by atoms with van der Waals surface area (Å²) in [6.07, 6.45) is 57.2. The molecule has 0 saturated heterocycles. The quantitative estimate of drug-likeness (QED) is 0.0110. The molecule has 4 rings (SSSR count). The number of aliphatic hydroxyl groups excluding tert-OH is 9. The summed E-state index contributed by atoms with van der Waals surface area (Å²) in [5.41, 5.74) is 1.13. The summed E-state index contributed by atoms with van der Waals surface area (Å²) >= 11 is 11.8. The first kappa shape index (κ1) is 127. The van der Waals surface area contributed by atoms with Crippen LogP contribution < -0.4 is 4.74 Å². The normalized spacial score (nSPS) is 13.5. The first-order valence-corrected chi connectivity index (χ1v) is 46.1. The molecule has 0 amide bonds. The number of halogens is 6. The molecule has 0 aliphatic heterocycles. The van der Waals surface area contributed by atoms with Crippen molar-refractivity contribution in [3.8, 4) is 125 Å². The van der Waals surface area contributed by atoms with Crippen LogP contribution in [0.4, 0.5) is 17.6 Å². The highest BCUT2D eigenvalue weighted by Crippen LogP contribution is 2.34. The van der Waals surface area contributed by atoms with Crippen molar-refractivity contribution in [1.29, 1.82) is 0 Å². The highest BCUT2D eigenvalue weighted by atomic mass is 35.5. The third-order valence-electron chi connectivity index (χ3n) is 17.8. The Hall–Kier alpha value is -12.1. The average molecular weight is 1920 g/mol. The molecule has 0 radical (unpaired) electrons. The zero-order chi connectivity index (χ0) is 103. The van der Waals surface area contributed by atoms with Gasteiger partial charge in [-0.3, -0.25) is 9.59 Å². The average Bonchev–Trinajstić information content (AvgIpc) is 1.28. The van der Waals surface area contributed by atoms with Crippen LogP contribution in [0.25, 0.3) is 0 Å². The van der Waals surface area contributed by atoms with Gasteiger partial charge in [0.05, 0.1) is 34.5 Å². The number of aliphatic hydroxyl groups is 9.